The molecule has 0 saturated carbocycles. The summed E-state index contributed by atoms with van der Waals surface area (Å²) in [7, 11) is -7.04. The van der Waals surface area contributed by atoms with Crippen LogP contribution in [-0.2, 0) is 26.3 Å². The largest absolute Gasteiger partial charge is 0.493 e. The zero-order valence-corrected chi connectivity index (χ0v) is 21.8. The van der Waals surface area contributed by atoms with Crippen molar-refractivity contribution < 1.29 is 26.0 Å². The molecule has 2 aromatic carbocycles. The van der Waals surface area contributed by atoms with Gasteiger partial charge in [-0.1, -0.05) is 12.1 Å². The zero-order valence-electron chi connectivity index (χ0n) is 19.3. The van der Waals surface area contributed by atoms with E-state index in [1.807, 2.05) is 0 Å². The van der Waals surface area contributed by atoms with E-state index in [1.54, 1.807) is 12.1 Å². The Morgan fingerprint density at radius 2 is 1.97 bits per heavy atom. The second kappa shape index (κ2) is 9.69. The molecule has 2 N–H and O–H groups in total. The monoisotopic (exact) mass is 552 g/mol. The second-order valence-corrected chi connectivity index (χ2v) is 13.9. The fourth-order valence-corrected chi connectivity index (χ4v) is 7.60. The summed E-state index contributed by atoms with van der Waals surface area (Å²) in [6, 6.07) is 9.07. The molecule has 2 aliphatic heterocycles. The van der Waals surface area contributed by atoms with Crippen LogP contribution >= 0.6 is 11.5 Å². The first-order valence-electron chi connectivity index (χ1n) is 11.4. The predicted octanol–water partition coefficient (Wildman–Crippen LogP) is 3.03. The van der Waals surface area contributed by atoms with Crippen LogP contribution in [0.4, 0.5) is 9.52 Å². The van der Waals surface area contributed by atoms with Crippen molar-refractivity contribution in [2.45, 2.75) is 41.4 Å². The molecule has 36 heavy (non-hydrogen) atoms. The molecule has 1 saturated heterocycles. The minimum absolute atomic E-state index is 0.0413. The number of aromatic nitrogens is 2. The van der Waals surface area contributed by atoms with Gasteiger partial charge < -0.3 is 10.1 Å². The van der Waals surface area contributed by atoms with Crippen molar-refractivity contribution in [3.8, 4) is 5.75 Å². The fourth-order valence-electron chi connectivity index (χ4n) is 4.84. The third-order valence-corrected chi connectivity index (χ3v) is 10.3. The summed E-state index contributed by atoms with van der Waals surface area (Å²) in [4.78, 5) is 3.89. The van der Waals surface area contributed by atoms with Crippen LogP contribution in [0.5, 0.6) is 5.75 Å². The third kappa shape index (κ3) is 5.24. The van der Waals surface area contributed by atoms with E-state index in [1.165, 1.54) is 36.8 Å². The number of fused-ring (bicyclic) bond motifs is 1. The van der Waals surface area contributed by atoms with Crippen LogP contribution in [0, 0.1) is 5.82 Å². The number of halogens is 1. The van der Waals surface area contributed by atoms with Gasteiger partial charge in [0.2, 0.25) is 5.13 Å². The van der Waals surface area contributed by atoms with E-state index in [0.717, 1.165) is 28.2 Å². The molecule has 13 heteroatoms. The summed E-state index contributed by atoms with van der Waals surface area (Å²) >= 11 is 0.935. The lowest BCUT2D eigenvalue weighted by Gasteiger charge is -2.33. The van der Waals surface area contributed by atoms with E-state index in [-0.39, 0.29) is 34.4 Å². The summed E-state index contributed by atoms with van der Waals surface area (Å²) in [5.74, 6) is -0.0953. The lowest BCUT2D eigenvalue weighted by molar-refractivity contribution is 0.260. The van der Waals surface area contributed by atoms with E-state index in [9.17, 15) is 21.2 Å². The Morgan fingerprint density at radius 1 is 1.14 bits per heavy atom. The molecule has 5 rings (SSSR count). The summed E-state index contributed by atoms with van der Waals surface area (Å²) in [6.45, 7) is 0.796. The molecule has 0 aliphatic carbocycles. The van der Waals surface area contributed by atoms with Crippen LogP contribution in [-0.4, -0.2) is 50.9 Å². The van der Waals surface area contributed by atoms with E-state index in [2.05, 4.69) is 19.4 Å². The van der Waals surface area contributed by atoms with Gasteiger partial charge in [0, 0.05) is 35.8 Å². The number of piperidine rings is 1. The Hall–Kier alpha value is -2.61. The highest BCUT2D eigenvalue weighted by Gasteiger charge is 2.33. The van der Waals surface area contributed by atoms with Crippen LogP contribution in [0.2, 0.25) is 0 Å². The number of nitrogens with one attached hydrogen (secondary N) is 2. The number of hydrogen-bond donors (Lipinski definition) is 2. The smallest absolute Gasteiger partial charge is 0.263 e. The Labute approximate surface area is 213 Å². The van der Waals surface area contributed by atoms with Gasteiger partial charge >= 0.3 is 0 Å². The van der Waals surface area contributed by atoms with Crippen LogP contribution in [0.1, 0.15) is 41.5 Å². The van der Waals surface area contributed by atoms with Gasteiger partial charge in [0.15, 0.2) is 0 Å². The molecule has 192 valence electrons. The fraction of sp³-hybridized carbons (Fsp3) is 0.391. The molecular weight excluding hydrogens is 527 g/mol. The van der Waals surface area contributed by atoms with E-state index in [4.69, 9.17) is 4.74 Å². The normalized spacial score (nSPS) is 22.4. The Bertz CT molecular complexity index is 1480. The lowest BCUT2D eigenvalue weighted by atomic mass is 9.83. The minimum Gasteiger partial charge on any atom is -0.493 e. The second-order valence-electron chi connectivity index (χ2n) is 9.09. The SMILES string of the molecule is CS(=O)(=O)[C@H]1CCN[C@@H](c2ccc(F)cc2C2COc3cc(S(=O)(=O)Nc4ncns4)ccc3C2)C1. The molecule has 9 nitrogen and oxygen atoms in total. The molecule has 0 bridgehead atoms. The highest BCUT2D eigenvalue weighted by Crippen LogP contribution is 2.38. The van der Waals surface area contributed by atoms with Crippen molar-refractivity contribution in [3.05, 3.63) is 65.2 Å². The lowest BCUT2D eigenvalue weighted by Crippen LogP contribution is -2.38. The van der Waals surface area contributed by atoms with Gasteiger partial charge in [0.05, 0.1) is 16.8 Å². The van der Waals surface area contributed by atoms with E-state index < -0.39 is 25.1 Å². The molecule has 0 spiro atoms. The average molecular weight is 553 g/mol. The van der Waals surface area contributed by atoms with Crippen molar-refractivity contribution in [3.63, 3.8) is 0 Å². The molecule has 3 aromatic rings. The Morgan fingerprint density at radius 3 is 2.72 bits per heavy atom. The van der Waals surface area contributed by atoms with Crippen LogP contribution < -0.4 is 14.8 Å². The highest BCUT2D eigenvalue weighted by molar-refractivity contribution is 7.93. The molecule has 1 fully saturated rings. The van der Waals surface area contributed by atoms with Crippen molar-refractivity contribution in [2.24, 2.45) is 0 Å². The molecule has 3 heterocycles. The Kier molecular flexibility index (Phi) is 6.74. The van der Waals surface area contributed by atoms with Gasteiger partial charge in [-0.2, -0.15) is 4.37 Å². The predicted molar refractivity (Wildman–Crippen MR) is 134 cm³/mol. The molecule has 1 aromatic heterocycles. The van der Waals surface area contributed by atoms with Gasteiger partial charge in [-0.3, -0.25) is 4.72 Å². The maximum atomic E-state index is 14.3. The quantitative estimate of drug-likeness (QED) is 0.478. The Balaban J connectivity index is 1.39. The number of ether oxygens (including phenoxy) is 1. The van der Waals surface area contributed by atoms with Gasteiger partial charge in [0.25, 0.3) is 10.0 Å². The van der Waals surface area contributed by atoms with Crippen LogP contribution in [0.15, 0.2) is 47.6 Å². The third-order valence-electron chi connectivity index (χ3n) is 6.66. The first kappa shape index (κ1) is 25.1. The van der Waals surface area contributed by atoms with Gasteiger partial charge in [0.1, 0.15) is 27.7 Å². The standard InChI is InChI=1S/C23H25FN4O5S3/c1-35(29,30)17-6-7-25-21(10-17)19-5-3-16(24)9-20(19)15-8-14-2-4-18(11-22(14)33-12-15)36(31,32)28-23-26-13-27-34-23/h2-5,9,11,13,15,17,21,25H,6-8,10,12H2,1H3,(H,26,27,28)/t15?,17-,21+/m0/s1. The zero-order chi connectivity index (χ0) is 25.5. The maximum absolute atomic E-state index is 14.3. The molecule has 2 aliphatic rings. The summed E-state index contributed by atoms with van der Waals surface area (Å²) < 4.78 is 76.2. The number of sulfone groups is 1. The van der Waals surface area contributed by atoms with E-state index in [0.29, 0.717) is 31.6 Å². The molecule has 0 radical (unpaired) electrons. The number of nitrogens with zero attached hydrogens (tertiary/aromatic N) is 2. The summed E-state index contributed by atoms with van der Waals surface area (Å²) in [5, 5.41) is 3.11. The van der Waals surface area contributed by atoms with Crippen LogP contribution in [0.3, 0.4) is 0 Å². The van der Waals surface area contributed by atoms with Gasteiger partial charge in [-0.15, -0.1) is 0 Å². The molecule has 3 atom stereocenters. The number of rotatable bonds is 6. The van der Waals surface area contributed by atoms with Crippen molar-refractivity contribution in [1.29, 1.82) is 0 Å². The number of sulfonamides is 1. The van der Waals surface area contributed by atoms with Crippen molar-refractivity contribution >= 4 is 36.5 Å². The van der Waals surface area contributed by atoms with Gasteiger partial charge in [-0.05, 0) is 60.7 Å². The number of hydrogen-bond acceptors (Lipinski definition) is 9. The topological polar surface area (TPSA) is 127 Å². The van der Waals surface area contributed by atoms with Crippen LogP contribution in [0.25, 0.3) is 0 Å². The van der Waals surface area contributed by atoms with Crippen molar-refractivity contribution in [1.82, 2.24) is 14.7 Å². The number of anilines is 1. The molecular formula is C23H25FN4O5S3. The summed E-state index contributed by atoms with van der Waals surface area (Å²) in [6.07, 6.45) is 4.02. The maximum Gasteiger partial charge on any atom is 0.263 e. The summed E-state index contributed by atoms with van der Waals surface area (Å²) in [5.41, 5.74) is 2.44. The highest BCUT2D eigenvalue weighted by atomic mass is 32.2. The van der Waals surface area contributed by atoms with Crippen molar-refractivity contribution in [2.75, 3.05) is 24.1 Å². The molecule has 1 unspecified atom stereocenters. The number of benzene rings is 2. The minimum atomic E-state index is -3.86. The van der Waals surface area contributed by atoms with Gasteiger partial charge in [-0.25, -0.2) is 26.2 Å². The molecule has 0 amide bonds. The first-order valence-corrected chi connectivity index (χ1v) is 15.6. The average Bonchev–Trinajstić information content (AvgIpc) is 3.35. The van der Waals surface area contributed by atoms with E-state index >= 15 is 0 Å². The first-order chi connectivity index (χ1) is 17.1.